The Balaban J connectivity index is 1.27. The van der Waals surface area contributed by atoms with Crippen LogP contribution in [0.3, 0.4) is 0 Å². The van der Waals surface area contributed by atoms with Gasteiger partial charge in [-0.2, -0.15) is 17.9 Å². The standard InChI is InChI=1S/C25H29F3N4O3/c26-25(27,28)19-5-3-4-18(12-19)24(34)30-15-23(33)31-21-14-29-13-20(21)16-7-9-17(10-8-16)22-6-1-2-11-32(22)35/h1-6,11-12,16-17,20-21,29H,7-10,13-15H2,(H,30,34)(H,31,33)/t16?,17?,20?,21-/m0/s1. The molecule has 7 nitrogen and oxygen atoms in total. The second kappa shape index (κ2) is 10.6. The van der Waals surface area contributed by atoms with Crippen molar-refractivity contribution in [3.8, 4) is 0 Å². The van der Waals surface area contributed by atoms with E-state index in [1.54, 1.807) is 6.07 Å². The van der Waals surface area contributed by atoms with Crippen molar-refractivity contribution < 1.29 is 27.5 Å². The summed E-state index contributed by atoms with van der Waals surface area (Å²) in [5, 5.41) is 20.8. The number of aromatic nitrogens is 1. The molecule has 0 bridgehead atoms. The highest BCUT2D eigenvalue weighted by Crippen LogP contribution is 2.39. The van der Waals surface area contributed by atoms with Crippen molar-refractivity contribution in [2.75, 3.05) is 19.6 Å². The van der Waals surface area contributed by atoms with E-state index in [0.29, 0.717) is 12.5 Å². The predicted molar refractivity (Wildman–Crippen MR) is 122 cm³/mol. The average Bonchev–Trinajstić information content (AvgIpc) is 3.30. The van der Waals surface area contributed by atoms with Gasteiger partial charge < -0.3 is 21.2 Å². The molecule has 1 aromatic heterocycles. The lowest BCUT2D eigenvalue weighted by Gasteiger charge is -2.34. The number of benzene rings is 1. The molecule has 1 unspecified atom stereocenters. The number of halogens is 3. The SMILES string of the molecule is O=C(CNC(=O)c1cccc(C(F)(F)F)c1)N[C@H]1CNCC1C1CCC(c2cccc[n+]2[O-])CC1. The molecular formula is C25H29F3N4O3. The van der Waals surface area contributed by atoms with Crippen molar-refractivity contribution in [1.29, 1.82) is 0 Å². The minimum absolute atomic E-state index is 0.0873. The lowest BCUT2D eigenvalue weighted by Crippen LogP contribution is -2.47. The molecule has 10 heteroatoms. The summed E-state index contributed by atoms with van der Waals surface area (Å²) in [5.41, 5.74) is -0.263. The van der Waals surface area contributed by atoms with E-state index in [2.05, 4.69) is 16.0 Å². The number of carbonyl (C=O) groups excluding carboxylic acids is 2. The molecule has 0 radical (unpaired) electrons. The Morgan fingerprint density at radius 2 is 1.83 bits per heavy atom. The Kier molecular flexibility index (Phi) is 7.59. The van der Waals surface area contributed by atoms with Crippen LogP contribution in [0, 0.1) is 17.0 Å². The minimum Gasteiger partial charge on any atom is -0.618 e. The van der Waals surface area contributed by atoms with Gasteiger partial charge in [0.15, 0.2) is 11.9 Å². The molecule has 1 saturated heterocycles. The molecule has 35 heavy (non-hydrogen) atoms. The van der Waals surface area contributed by atoms with Gasteiger partial charge in [0, 0.05) is 42.7 Å². The molecule has 2 fully saturated rings. The molecule has 1 saturated carbocycles. The third-order valence-corrected chi connectivity index (χ3v) is 7.12. The van der Waals surface area contributed by atoms with E-state index in [9.17, 15) is 28.0 Å². The number of hydrogen-bond acceptors (Lipinski definition) is 4. The summed E-state index contributed by atoms with van der Waals surface area (Å²) in [4.78, 5) is 24.7. The molecular weight excluding hydrogens is 461 g/mol. The first kappa shape index (κ1) is 25.0. The van der Waals surface area contributed by atoms with Crippen molar-refractivity contribution in [2.45, 2.75) is 43.8 Å². The van der Waals surface area contributed by atoms with Gasteiger partial charge in [-0.25, -0.2) is 0 Å². The highest BCUT2D eigenvalue weighted by molar-refractivity contribution is 5.96. The molecule has 1 aliphatic carbocycles. The normalized spacial score (nSPS) is 24.7. The Morgan fingerprint density at radius 1 is 1.06 bits per heavy atom. The Labute approximate surface area is 201 Å². The molecule has 2 aliphatic rings. The lowest BCUT2D eigenvalue weighted by atomic mass is 9.73. The number of rotatable bonds is 6. The van der Waals surface area contributed by atoms with E-state index in [-0.39, 0.29) is 35.9 Å². The fourth-order valence-corrected chi connectivity index (χ4v) is 5.31. The van der Waals surface area contributed by atoms with Gasteiger partial charge in [0.1, 0.15) is 0 Å². The summed E-state index contributed by atoms with van der Waals surface area (Å²) in [5.74, 6) is -0.223. The Hall–Kier alpha value is -3.14. The van der Waals surface area contributed by atoms with E-state index in [4.69, 9.17) is 0 Å². The Bertz CT molecular complexity index is 1050. The van der Waals surface area contributed by atoms with Crippen molar-refractivity contribution in [3.63, 3.8) is 0 Å². The number of nitrogens with one attached hydrogen (secondary N) is 3. The first-order chi connectivity index (χ1) is 16.7. The molecule has 2 heterocycles. The van der Waals surface area contributed by atoms with Crippen LogP contribution in [0.25, 0.3) is 0 Å². The van der Waals surface area contributed by atoms with E-state index in [0.717, 1.165) is 60.9 Å². The molecule has 1 aromatic carbocycles. The van der Waals surface area contributed by atoms with Gasteiger partial charge >= 0.3 is 6.18 Å². The molecule has 1 aliphatic heterocycles. The van der Waals surface area contributed by atoms with Crippen molar-refractivity contribution in [2.24, 2.45) is 11.8 Å². The maximum Gasteiger partial charge on any atom is 0.416 e. The summed E-state index contributed by atoms with van der Waals surface area (Å²) in [6, 6.07) is 9.50. The topological polar surface area (TPSA) is 97.2 Å². The van der Waals surface area contributed by atoms with Crippen molar-refractivity contribution in [3.05, 3.63) is 70.7 Å². The summed E-state index contributed by atoms with van der Waals surface area (Å²) < 4.78 is 39.6. The maximum atomic E-state index is 12.9. The Morgan fingerprint density at radius 3 is 2.54 bits per heavy atom. The predicted octanol–water partition coefficient (Wildman–Crippen LogP) is 2.75. The molecule has 0 spiro atoms. The van der Waals surface area contributed by atoms with Crippen LogP contribution >= 0.6 is 0 Å². The zero-order valence-corrected chi connectivity index (χ0v) is 19.2. The first-order valence-corrected chi connectivity index (χ1v) is 11.9. The molecule has 2 atom stereocenters. The van der Waals surface area contributed by atoms with Crippen LogP contribution in [0.4, 0.5) is 13.2 Å². The number of hydrogen-bond donors (Lipinski definition) is 3. The monoisotopic (exact) mass is 490 g/mol. The minimum atomic E-state index is -4.55. The summed E-state index contributed by atoms with van der Waals surface area (Å²) in [6.45, 7) is 1.09. The molecule has 3 N–H and O–H groups in total. The fraction of sp³-hybridized carbons (Fsp3) is 0.480. The maximum absolute atomic E-state index is 12.9. The largest absolute Gasteiger partial charge is 0.618 e. The number of pyridine rings is 1. The smallest absolute Gasteiger partial charge is 0.416 e. The van der Waals surface area contributed by atoms with Gasteiger partial charge in [-0.05, 0) is 55.7 Å². The van der Waals surface area contributed by atoms with E-state index in [1.165, 1.54) is 12.3 Å². The van der Waals surface area contributed by atoms with Crippen LogP contribution < -0.4 is 20.7 Å². The first-order valence-electron chi connectivity index (χ1n) is 11.9. The van der Waals surface area contributed by atoms with Crippen LogP contribution in [0.15, 0.2) is 48.7 Å². The fourth-order valence-electron chi connectivity index (χ4n) is 5.31. The number of nitrogens with zero attached hydrogens (tertiary/aromatic N) is 1. The molecule has 4 rings (SSSR count). The number of amides is 2. The van der Waals surface area contributed by atoms with Gasteiger partial charge in [-0.1, -0.05) is 12.1 Å². The van der Waals surface area contributed by atoms with E-state index >= 15 is 0 Å². The number of alkyl halides is 3. The third kappa shape index (κ3) is 6.11. The lowest BCUT2D eigenvalue weighted by molar-refractivity contribution is -0.616. The summed E-state index contributed by atoms with van der Waals surface area (Å²) in [6.07, 6.45) is 0.742. The average molecular weight is 491 g/mol. The molecule has 2 amide bonds. The van der Waals surface area contributed by atoms with Crippen LogP contribution in [0.1, 0.15) is 53.2 Å². The summed E-state index contributed by atoms with van der Waals surface area (Å²) in [7, 11) is 0. The molecule has 2 aromatic rings. The highest BCUT2D eigenvalue weighted by Gasteiger charge is 2.38. The third-order valence-electron chi connectivity index (χ3n) is 7.12. The van der Waals surface area contributed by atoms with Crippen molar-refractivity contribution in [1.82, 2.24) is 16.0 Å². The second-order valence-corrected chi connectivity index (χ2v) is 9.32. The second-order valence-electron chi connectivity index (χ2n) is 9.32. The van der Waals surface area contributed by atoms with Crippen LogP contribution in [0.2, 0.25) is 0 Å². The molecule has 188 valence electrons. The van der Waals surface area contributed by atoms with Gasteiger partial charge in [0.2, 0.25) is 5.91 Å². The van der Waals surface area contributed by atoms with Gasteiger partial charge in [0.05, 0.1) is 12.1 Å². The van der Waals surface area contributed by atoms with E-state index < -0.39 is 17.6 Å². The highest BCUT2D eigenvalue weighted by atomic mass is 19.4. The zero-order valence-electron chi connectivity index (χ0n) is 19.2. The number of carbonyl (C=O) groups is 2. The van der Waals surface area contributed by atoms with E-state index in [1.807, 2.05) is 12.1 Å². The zero-order chi connectivity index (χ0) is 25.0. The van der Waals surface area contributed by atoms with Crippen LogP contribution in [0.5, 0.6) is 0 Å². The summed E-state index contributed by atoms with van der Waals surface area (Å²) >= 11 is 0. The van der Waals surface area contributed by atoms with Crippen LogP contribution in [-0.4, -0.2) is 37.5 Å². The van der Waals surface area contributed by atoms with Gasteiger partial charge in [-0.3, -0.25) is 9.59 Å². The van der Waals surface area contributed by atoms with Crippen LogP contribution in [-0.2, 0) is 11.0 Å². The van der Waals surface area contributed by atoms with Crippen molar-refractivity contribution >= 4 is 11.8 Å². The quantitative estimate of drug-likeness (QED) is 0.429. The van der Waals surface area contributed by atoms with Gasteiger partial charge in [0.25, 0.3) is 5.91 Å². The van der Waals surface area contributed by atoms with Gasteiger partial charge in [-0.15, -0.1) is 0 Å².